The molecule has 2 heterocycles. The maximum Gasteiger partial charge on any atom is 0.276 e. The Balaban J connectivity index is 1.97. The number of hydrogen-bond acceptors (Lipinski definition) is 3. The molecule has 1 aromatic carbocycles. The molecule has 1 atom stereocenters. The van der Waals surface area contributed by atoms with E-state index in [9.17, 15) is 4.79 Å². The van der Waals surface area contributed by atoms with Gasteiger partial charge in [-0.3, -0.25) is 4.79 Å². The van der Waals surface area contributed by atoms with Crippen LogP contribution in [0.4, 0.5) is 11.4 Å². The molecule has 2 aromatic rings. The first kappa shape index (κ1) is 12.7. The topological polar surface area (TPSA) is 59.2 Å². The molecular weight excluding hydrogens is 250 g/mol. The largest absolute Gasteiger partial charge is 0.397 e. The number of pyridine rings is 1. The molecule has 0 fully saturated rings. The minimum absolute atomic E-state index is 0.0654. The molecule has 4 heteroatoms. The first-order valence-electron chi connectivity index (χ1n) is 6.79. The van der Waals surface area contributed by atoms with E-state index in [-0.39, 0.29) is 5.91 Å². The SMILES string of the molecule is CC1CCN(C(=O)c2ccc(N)cn2)c2ccccc21. The first-order chi connectivity index (χ1) is 9.66. The number of rotatable bonds is 1. The number of fused-ring (bicyclic) bond motifs is 1. The Morgan fingerprint density at radius 2 is 2.10 bits per heavy atom. The summed E-state index contributed by atoms with van der Waals surface area (Å²) in [4.78, 5) is 18.5. The third-order valence-corrected chi connectivity index (χ3v) is 3.79. The lowest BCUT2D eigenvalue weighted by Crippen LogP contribution is -2.36. The van der Waals surface area contributed by atoms with Crippen molar-refractivity contribution in [3.05, 3.63) is 53.9 Å². The fourth-order valence-electron chi connectivity index (χ4n) is 2.63. The van der Waals surface area contributed by atoms with Crippen LogP contribution in [0.5, 0.6) is 0 Å². The van der Waals surface area contributed by atoms with Crippen molar-refractivity contribution in [3.63, 3.8) is 0 Å². The zero-order valence-electron chi connectivity index (χ0n) is 11.4. The number of carbonyl (C=O) groups excluding carboxylic acids is 1. The van der Waals surface area contributed by atoms with Crippen molar-refractivity contribution in [2.45, 2.75) is 19.3 Å². The molecule has 0 spiro atoms. The minimum Gasteiger partial charge on any atom is -0.397 e. The van der Waals surface area contributed by atoms with E-state index >= 15 is 0 Å². The maximum absolute atomic E-state index is 12.6. The van der Waals surface area contributed by atoms with Gasteiger partial charge in [0, 0.05) is 12.2 Å². The highest BCUT2D eigenvalue weighted by atomic mass is 16.2. The molecule has 2 N–H and O–H groups in total. The van der Waals surface area contributed by atoms with E-state index < -0.39 is 0 Å². The lowest BCUT2D eigenvalue weighted by Gasteiger charge is -2.32. The standard InChI is InChI=1S/C16H17N3O/c1-11-8-9-19(15-5-3-2-4-13(11)15)16(20)14-7-6-12(17)10-18-14/h2-7,10-11H,8-9,17H2,1H3. The van der Waals surface area contributed by atoms with E-state index in [1.165, 1.54) is 11.8 Å². The Bertz CT molecular complexity index is 636. The number of aromatic nitrogens is 1. The highest BCUT2D eigenvalue weighted by Crippen LogP contribution is 2.35. The molecule has 3 rings (SSSR count). The van der Waals surface area contributed by atoms with Crippen LogP contribution in [0, 0.1) is 0 Å². The Hall–Kier alpha value is -2.36. The second kappa shape index (κ2) is 4.96. The molecule has 4 nitrogen and oxygen atoms in total. The van der Waals surface area contributed by atoms with E-state index in [0.717, 1.165) is 18.7 Å². The van der Waals surface area contributed by atoms with Crippen molar-refractivity contribution in [1.82, 2.24) is 4.98 Å². The summed E-state index contributed by atoms with van der Waals surface area (Å²) >= 11 is 0. The van der Waals surface area contributed by atoms with Crippen LogP contribution in [0.3, 0.4) is 0 Å². The molecule has 0 saturated carbocycles. The zero-order chi connectivity index (χ0) is 14.1. The highest BCUT2D eigenvalue weighted by molar-refractivity contribution is 6.05. The van der Waals surface area contributed by atoms with E-state index in [2.05, 4.69) is 18.0 Å². The highest BCUT2D eigenvalue weighted by Gasteiger charge is 2.27. The Labute approximate surface area is 118 Å². The number of carbonyl (C=O) groups is 1. The number of nitrogens with zero attached hydrogens (tertiary/aromatic N) is 2. The summed E-state index contributed by atoms with van der Waals surface area (Å²) in [6.07, 6.45) is 2.49. The maximum atomic E-state index is 12.6. The van der Waals surface area contributed by atoms with Crippen molar-refractivity contribution in [3.8, 4) is 0 Å². The first-order valence-corrected chi connectivity index (χ1v) is 6.79. The second-order valence-corrected chi connectivity index (χ2v) is 5.18. The van der Waals surface area contributed by atoms with Crippen LogP contribution in [0.2, 0.25) is 0 Å². The van der Waals surface area contributed by atoms with Crippen molar-refractivity contribution >= 4 is 17.3 Å². The molecule has 102 valence electrons. The van der Waals surface area contributed by atoms with Crippen LogP contribution in [0.1, 0.15) is 35.3 Å². The number of nitrogen functional groups attached to an aromatic ring is 1. The smallest absolute Gasteiger partial charge is 0.276 e. The number of para-hydroxylation sites is 1. The second-order valence-electron chi connectivity index (χ2n) is 5.18. The Morgan fingerprint density at radius 3 is 2.85 bits per heavy atom. The molecule has 0 radical (unpaired) electrons. The van der Waals surface area contributed by atoms with Crippen LogP contribution >= 0.6 is 0 Å². The lowest BCUT2D eigenvalue weighted by atomic mass is 9.91. The van der Waals surface area contributed by atoms with Crippen LogP contribution in [-0.2, 0) is 0 Å². The molecule has 0 saturated heterocycles. The van der Waals surface area contributed by atoms with Crippen LogP contribution in [-0.4, -0.2) is 17.4 Å². The van der Waals surface area contributed by atoms with E-state index in [1.54, 1.807) is 12.1 Å². The normalized spacial score (nSPS) is 17.6. The Morgan fingerprint density at radius 1 is 1.30 bits per heavy atom. The minimum atomic E-state index is -0.0654. The van der Waals surface area contributed by atoms with Gasteiger partial charge >= 0.3 is 0 Å². The van der Waals surface area contributed by atoms with Crippen molar-refractivity contribution in [2.24, 2.45) is 0 Å². The molecule has 1 aromatic heterocycles. The quantitative estimate of drug-likeness (QED) is 0.864. The molecular formula is C16H17N3O. The molecule has 1 aliphatic rings. The molecule has 0 bridgehead atoms. The van der Waals surface area contributed by atoms with E-state index in [0.29, 0.717) is 17.3 Å². The van der Waals surface area contributed by atoms with Crippen molar-refractivity contribution < 1.29 is 4.79 Å². The monoisotopic (exact) mass is 267 g/mol. The third kappa shape index (κ3) is 2.13. The number of benzene rings is 1. The fraction of sp³-hybridized carbons (Fsp3) is 0.250. The molecule has 20 heavy (non-hydrogen) atoms. The number of nitrogens with two attached hydrogens (primary N) is 1. The summed E-state index contributed by atoms with van der Waals surface area (Å²) in [5.74, 6) is 0.416. The molecule has 1 unspecified atom stereocenters. The van der Waals surface area contributed by atoms with Gasteiger partial charge in [-0.25, -0.2) is 4.98 Å². The van der Waals surface area contributed by atoms with Crippen LogP contribution in [0.25, 0.3) is 0 Å². The van der Waals surface area contributed by atoms with Crippen LogP contribution < -0.4 is 10.6 Å². The zero-order valence-corrected chi connectivity index (χ0v) is 11.4. The number of hydrogen-bond donors (Lipinski definition) is 1. The van der Waals surface area contributed by atoms with Gasteiger partial charge in [0.1, 0.15) is 5.69 Å². The summed E-state index contributed by atoms with van der Waals surface area (Å²) in [6.45, 7) is 2.92. The van der Waals surface area contributed by atoms with Gasteiger partial charge in [-0.1, -0.05) is 25.1 Å². The predicted molar refractivity (Wildman–Crippen MR) is 79.8 cm³/mol. The number of amides is 1. The number of anilines is 2. The molecule has 0 aliphatic carbocycles. The van der Waals surface area contributed by atoms with Gasteiger partial charge in [0.25, 0.3) is 5.91 Å². The molecule has 1 amide bonds. The van der Waals surface area contributed by atoms with Gasteiger partial charge in [-0.15, -0.1) is 0 Å². The van der Waals surface area contributed by atoms with Gasteiger partial charge in [0.05, 0.1) is 11.9 Å². The van der Waals surface area contributed by atoms with Crippen LogP contribution in [0.15, 0.2) is 42.6 Å². The average Bonchev–Trinajstić information content (AvgIpc) is 2.48. The van der Waals surface area contributed by atoms with E-state index in [4.69, 9.17) is 5.73 Å². The Kier molecular flexibility index (Phi) is 3.14. The van der Waals surface area contributed by atoms with Gasteiger partial charge in [-0.05, 0) is 36.1 Å². The van der Waals surface area contributed by atoms with Crippen molar-refractivity contribution in [1.29, 1.82) is 0 Å². The van der Waals surface area contributed by atoms with Gasteiger partial charge in [0.2, 0.25) is 0 Å². The van der Waals surface area contributed by atoms with E-state index in [1.807, 2.05) is 23.1 Å². The lowest BCUT2D eigenvalue weighted by molar-refractivity contribution is 0.0979. The summed E-state index contributed by atoms with van der Waals surface area (Å²) in [7, 11) is 0. The summed E-state index contributed by atoms with van der Waals surface area (Å²) in [5.41, 5.74) is 8.83. The van der Waals surface area contributed by atoms with Crippen molar-refractivity contribution in [2.75, 3.05) is 17.2 Å². The predicted octanol–water partition coefficient (Wildman–Crippen LogP) is 2.82. The summed E-state index contributed by atoms with van der Waals surface area (Å²) < 4.78 is 0. The third-order valence-electron chi connectivity index (χ3n) is 3.79. The average molecular weight is 267 g/mol. The fourth-order valence-corrected chi connectivity index (χ4v) is 2.63. The molecule has 1 aliphatic heterocycles. The van der Waals surface area contributed by atoms with Gasteiger partial charge < -0.3 is 10.6 Å². The summed E-state index contributed by atoms with van der Waals surface area (Å²) in [6, 6.07) is 11.5. The van der Waals surface area contributed by atoms with Gasteiger partial charge in [-0.2, -0.15) is 0 Å². The van der Waals surface area contributed by atoms with Gasteiger partial charge in [0.15, 0.2) is 0 Å². The summed E-state index contributed by atoms with van der Waals surface area (Å²) in [5, 5.41) is 0.